The minimum absolute atomic E-state index is 0.0235. The van der Waals surface area contributed by atoms with Crippen LogP contribution in [0.15, 0.2) is 41.7 Å². The molecule has 2 N–H and O–H groups in total. The lowest BCUT2D eigenvalue weighted by Gasteiger charge is -2.30. The summed E-state index contributed by atoms with van der Waals surface area (Å²) in [6.07, 6.45) is -2.01. The van der Waals surface area contributed by atoms with Crippen LogP contribution in [0.25, 0.3) is 11.3 Å². The highest BCUT2D eigenvalue weighted by atomic mass is 32.2. The van der Waals surface area contributed by atoms with Crippen LogP contribution in [0.2, 0.25) is 0 Å². The third kappa shape index (κ3) is 5.53. The number of hydrogen-bond donors (Lipinski definition) is 1. The number of piperidine rings is 1. The number of nitrogens with zero attached hydrogens (tertiary/aromatic N) is 3. The van der Waals surface area contributed by atoms with E-state index in [1.807, 2.05) is 0 Å². The maximum atomic E-state index is 13.1. The molecule has 1 saturated heterocycles. The Hall–Kier alpha value is -2.49. The minimum atomic E-state index is -4.42. The van der Waals surface area contributed by atoms with E-state index in [2.05, 4.69) is 4.98 Å². The Morgan fingerprint density at radius 2 is 1.83 bits per heavy atom. The van der Waals surface area contributed by atoms with Gasteiger partial charge in [-0.25, -0.2) is 4.98 Å². The van der Waals surface area contributed by atoms with Crippen LogP contribution in [0.3, 0.4) is 0 Å². The molecule has 29 heavy (non-hydrogen) atoms. The predicted molar refractivity (Wildman–Crippen MR) is 103 cm³/mol. The molecule has 0 saturated carbocycles. The van der Waals surface area contributed by atoms with Crippen LogP contribution < -0.4 is 5.73 Å². The Kier molecular flexibility index (Phi) is 6.51. The van der Waals surface area contributed by atoms with Crippen molar-refractivity contribution in [1.82, 2.24) is 14.5 Å². The zero-order valence-electron chi connectivity index (χ0n) is 15.6. The van der Waals surface area contributed by atoms with Gasteiger partial charge < -0.3 is 15.2 Å². The first-order valence-electron chi connectivity index (χ1n) is 9.12. The second-order valence-electron chi connectivity index (χ2n) is 6.84. The summed E-state index contributed by atoms with van der Waals surface area (Å²) in [6, 6.07) is 8.70. The van der Waals surface area contributed by atoms with Crippen molar-refractivity contribution in [3.63, 3.8) is 0 Å². The fraction of sp³-hybridized carbons (Fsp3) is 0.421. The largest absolute Gasteiger partial charge is 0.406 e. The molecule has 0 atom stereocenters. The molecule has 2 amide bonds. The third-order valence-corrected chi connectivity index (χ3v) is 5.78. The number of likely N-dealkylation sites (tertiary alicyclic amines) is 1. The molecule has 2 aromatic rings. The number of carbonyl (C=O) groups is 2. The first-order chi connectivity index (χ1) is 13.7. The van der Waals surface area contributed by atoms with E-state index in [1.54, 1.807) is 35.2 Å². The molecule has 0 spiro atoms. The monoisotopic (exact) mass is 426 g/mol. The van der Waals surface area contributed by atoms with Gasteiger partial charge in [-0.1, -0.05) is 42.1 Å². The van der Waals surface area contributed by atoms with Gasteiger partial charge in [0, 0.05) is 19.0 Å². The van der Waals surface area contributed by atoms with Crippen molar-refractivity contribution in [1.29, 1.82) is 0 Å². The highest BCUT2D eigenvalue weighted by Gasteiger charge is 2.31. The molecule has 3 rings (SSSR count). The fourth-order valence-corrected chi connectivity index (χ4v) is 4.16. The molecule has 10 heteroatoms. The zero-order chi connectivity index (χ0) is 21.0. The van der Waals surface area contributed by atoms with E-state index in [1.165, 1.54) is 6.20 Å². The SMILES string of the molecule is NC(=O)C1CCN(C(=O)CSc2ncc(-c3ccccc3)n2CC(F)(F)F)CC1. The Bertz CT molecular complexity index is 862. The number of hydrogen-bond acceptors (Lipinski definition) is 4. The van der Waals surface area contributed by atoms with Gasteiger partial charge in [0.25, 0.3) is 0 Å². The van der Waals surface area contributed by atoms with Crippen LogP contribution >= 0.6 is 11.8 Å². The van der Waals surface area contributed by atoms with E-state index >= 15 is 0 Å². The van der Waals surface area contributed by atoms with Gasteiger partial charge in [-0.05, 0) is 18.4 Å². The normalized spacial score (nSPS) is 15.5. The highest BCUT2D eigenvalue weighted by molar-refractivity contribution is 7.99. The van der Waals surface area contributed by atoms with Crippen molar-refractivity contribution in [2.75, 3.05) is 18.8 Å². The number of aromatic nitrogens is 2. The zero-order valence-corrected chi connectivity index (χ0v) is 16.4. The number of halogens is 3. The Morgan fingerprint density at radius 1 is 1.17 bits per heavy atom. The number of nitrogens with two attached hydrogens (primary N) is 1. The average molecular weight is 426 g/mol. The molecule has 0 radical (unpaired) electrons. The summed E-state index contributed by atoms with van der Waals surface area (Å²) >= 11 is 0.981. The number of thioether (sulfide) groups is 1. The number of rotatable bonds is 6. The van der Waals surface area contributed by atoms with Gasteiger partial charge in [0.2, 0.25) is 11.8 Å². The topological polar surface area (TPSA) is 81.2 Å². The van der Waals surface area contributed by atoms with E-state index in [-0.39, 0.29) is 28.6 Å². The van der Waals surface area contributed by atoms with E-state index in [0.717, 1.165) is 16.3 Å². The summed E-state index contributed by atoms with van der Waals surface area (Å²) in [5.41, 5.74) is 6.26. The summed E-state index contributed by atoms with van der Waals surface area (Å²) in [5.74, 6) is -0.815. The van der Waals surface area contributed by atoms with E-state index in [0.29, 0.717) is 37.2 Å². The fourth-order valence-electron chi connectivity index (χ4n) is 3.28. The number of carbonyl (C=O) groups excluding carboxylic acids is 2. The quantitative estimate of drug-likeness (QED) is 0.721. The van der Waals surface area contributed by atoms with Crippen LogP contribution in [-0.4, -0.2) is 51.3 Å². The molecule has 1 fully saturated rings. The van der Waals surface area contributed by atoms with Crippen molar-refractivity contribution in [3.8, 4) is 11.3 Å². The van der Waals surface area contributed by atoms with Crippen LogP contribution in [0.4, 0.5) is 13.2 Å². The van der Waals surface area contributed by atoms with Gasteiger partial charge in [-0.2, -0.15) is 13.2 Å². The van der Waals surface area contributed by atoms with Crippen LogP contribution in [0, 0.1) is 5.92 Å². The van der Waals surface area contributed by atoms with Crippen molar-refractivity contribution in [2.45, 2.75) is 30.7 Å². The Morgan fingerprint density at radius 3 is 2.41 bits per heavy atom. The second kappa shape index (κ2) is 8.89. The van der Waals surface area contributed by atoms with Crippen LogP contribution in [0.5, 0.6) is 0 Å². The average Bonchev–Trinajstić information content (AvgIpc) is 3.07. The lowest BCUT2D eigenvalue weighted by molar-refractivity contribution is -0.141. The maximum Gasteiger partial charge on any atom is 0.406 e. The van der Waals surface area contributed by atoms with E-state index in [4.69, 9.17) is 5.73 Å². The maximum absolute atomic E-state index is 13.1. The van der Waals surface area contributed by atoms with Gasteiger partial charge >= 0.3 is 6.18 Å². The number of alkyl halides is 3. The predicted octanol–water partition coefficient (Wildman–Crippen LogP) is 2.93. The molecule has 0 unspecified atom stereocenters. The third-order valence-electron chi connectivity index (χ3n) is 4.80. The van der Waals surface area contributed by atoms with Gasteiger partial charge in [0.15, 0.2) is 5.16 Å². The van der Waals surface area contributed by atoms with Crippen molar-refractivity contribution in [3.05, 3.63) is 36.5 Å². The van der Waals surface area contributed by atoms with Gasteiger partial charge in [-0.15, -0.1) is 0 Å². The van der Waals surface area contributed by atoms with Gasteiger partial charge in [-0.3, -0.25) is 9.59 Å². The van der Waals surface area contributed by atoms with Gasteiger partial charge in [0.05, 0.1) is 17.6 Å². The molecule has 1 aromatic carbocycles. The molecule has 1 aliphatic rings. The van der Waals surface area contributed by atoms with E-state index in [9.17, 15) is 22.8 Å². The van der Waals surface area contributed by atoms with Crippen molar-refractivity contribution in [2.24, 2.45) is 11.7 Å². The van der Waals surface area contributed by atoms with Gasteiger partial charge in [0.1, 0.15) is 6.54 Å². The summed E-state index contributed by atoms with van der Waals surface area (Å²) in [5, 5.41) is 0.140. The Labute approximate surface area is 170 Å². The molecule has 156 valence electrons. The molecular weight excluding hydrogens is 405 g/mol. The molecule has 0 aliphatic carbocycles. The number of primary amides is 1. The van der Waals surface area contributed by atoms with Crippen molar-refractivity contribution < 1.29 is 22.8 Å². The minimum Gasteiger partial charge on any atom is -0.369 e. The lowest BCUT2D eigenvalue weighted by Crippen LogP contribution is -2.42. The first kappa shape index (κ1) is 21.2. The van der Waals surface area contributed by atoms with E-state index < -0.39 is 12.7 Å². The molecule has 0 bridgehead atoms. The van der Waals surface area contributed by atoms with Crippen LogP contribution in [-0.2, 0) is 16.1 Å². The summed E-state index contributed by atoms with van der Waals surface area (Å²) < 4.78 is 40.4. The lowest BCUT2D eigenvalue weighted by atomic mass is 9.96. The highest BCUT2D eigenvalue weighted by Crippen LogP contribution is 2.30. The number of amides is 2. The van der Waals surface area contributed by atoms with Crippen molar-refractivity contribution >= 4 is 23.6 Å². The smallest absolute Gasteiger partial charge is 0.369 e. The first-order valence-corrected chi connectivity index (χ1v) is 10.1. The summed E-state index contributed by atoms with van der Waals surface area (Å²) in [4.78, 5) is 29.4. The standard InChI is InChI=1S/C19H21F3N4O2S/c20-19(21,22)12-26-15(13-4-2-1-3-5-13)10-24-18(26)29-11-16(27)25-8-6-14(7-9-25)17(23)28/h1-5,10,14H,6-9,11-12H2,(H2,23,28). The summed E-state index contributed by atoms with van der Waals surface area (Å²) in [7, 11) is 0. The number of imidazole rings is 1. The molecule has 2 heterocycles. The summed E-state index contributed by atoms with van der Waals surface area (Å²) in [6.45, 7) is -0.351. The molecule has 6 nitrogen and oxygen atoms in total. The molecular formula is C19H21F3N4O2S. The Balaban J connectivity index is 1.70. The molecule has 1 aliphatic heterocycles. The van der Waals surface area contributed by atoms with Crippen LogP contribution in [0.1, 0.15) is 12.8 Å². The number of benzene rings is 1. The second-order valence-corrected chi connectivity index (χ2v) is 7.78. The molecule has 1 aromatic heterocycles.